The second-order valence-corrected chi connectivity index (χ2v) is 4.81. The summed E-state index contributed by atoms with van der Waals surface area (Å²) >= 11 is 1.74. The summed E-state index contributed by atoms with van der Waals surface area (Å²) in [5.41, 5.74) is 9.86. The van der Waals surface area contributed by atoms with E-state index < -0.39 is 0 Å². The Morgan fingerprint density at radius 2 is 1.76 bits per heavy atom. The smallest absolute Gasteiger partial charge is 0.0415 e. The molecular formula is C14H16N2S. The quantitative estimate of drug-likeness (QED) is 0.632. The number of rotatable bonds is 3. The Balaban J connectivity index is 2.19. The van der Waals surface area contributed by atoms with Crippen LogP contribution in [0.5, 0.6) is 0 Å². The SMILES string of the molecule is CSc1ccc(Nc2ccc(N)cc2C)cc1. The van der Waals surface area contributed by atoms with Crippen molar-refractivity contribution in [3.8, 4) is 0 Å². The summed E-state index contributed by atoms with van der Waals surface area (Å²) in [4.78, 5) is 1.27. The van der Waals surface area contributed by atoms with Crippen molar-refractivity contribution < 1.29 is 0 Å². The van der Waals surface area contributed by atoms with Gasteiger partial charge in [0.1, 0.15) is 0 Å². The molecule has 2 nitrogen and oxygen atoms in total. The second kappa shape index (κ2) is 5.15. The predicted molar refractivity (Wildman–Crippen MR) is 77.1 cm³/mol. The molecule has 88 valence electrons. The van der Waals surface area contributed by atoms with Crippen LogP contribution in [0.25, 0.3) is 0 Å². The van der Waals surface area contributed by atoms with Gasteiger partial charge in [0.2, 0.25) is 0 Å². The molecule has 0 aliphatic rings. The van der Waals surface area contributed by atoms with Gasteiger partial charge in [-0.3, -0.25) is 0 Å². The summed E-state index contributed by atoms with van der Waals surface area (Å²) in [6, 6.07) is 14.3. The largest absolute Gasteiger partial charge is 0.399 e. The van der Waals surface area contributed by atoms with E-state index in [1.165, 1.54) is 4.90 Å². The van der Waals surface area contributed by atoms with Crippen molar-refractivity contribution in [3.63, 3.8) is 0 Å². The molecule has 2 rings (SSSR count). The molecule has 0 spiro atoms. The van der Waals surface area contributed by atoms with Crippen molar-refractivity contribution in [1.82, 2.24) is 0 Å². The summed E-state index contributed by atoms with van der Waals surface area (Å²) in [5.74, 6) is 0. The molecule has 2 aromatic rings. The highest BCUT2D eigenvalue weighted by Crippen LogP contribution is 2.24. The molecule has 0 heterocycles. The zero-order valence-corrected chi connectivity index (χ0v) is 10.8. The zero-order valence-electron chi connectivity index (χ0n) is 10.0. The van der Waals surface area contributed by atoms with Crippen molar-refractivity contribution in [2.75, 3.05) is 17.3 Å². The van der Waals surface area contributed by atoms with Gasteiger partial charge in [-0.15, -0.1) is 11.8 Å². The van der Waals surface area contributed by atoms with Gasteiger partial charge in [0.25, 0.3) is 0 Å². The van der Waals surface area contributed by atoms with Crippen molar-refractivity contribution in [2.45, 2.75) is 11.8 Å². The van der Waals surface area contributed by atoms with Crippen LogP contribution in [0.3, 0.4) is 0 Å². The Labute approximate surface area is 106 Å². The molecule has 0 bridgehead atoms. The van der Waals surface area contributed by atoms with Crippen molar-refractivity contribution in [2.24, 2.45) is 0 Å². The first-order valence-electron chi connectivity index (χ1n) is 5.46. The van der Waals surface area contributed by atoms with Crippen molar-refractivity contribution in [3.05, 3.63) is 48.0 Å². The number of thioether (sulfide) groups is 1. The van der Waals surface area contributed by atoms with Gasteiger partial charge in [0.15, 0.2) is 0 Å². The Morgan fingerprint density at radius 3 is 2.35 bits per heavy atom. The Morgan fingerprint density at radius 1 is 1.06 bits per heavy atom. The maximum atomic E-state index is 5.73. The summed E-state index contributed by atoms with van der Waals surface area (Å²) in [5, 5.41) is 3.39. The topological polar surface area (TPSA) is 38.0 Å². The second-order valence-electron chi connectivity index (χ2n) is 3.93. The van der Waals surface area contributed by atoms with Crippen molar-refractivity contribution >= 4 is 28.8 Å². The lowest BCUT2D eigenvalue weighted by Gasteiger charge is -2.10. The molecule has 0 atom stereocenters. The Kier molecular flexibility index (Phi) is 3.59. The zero-order chi connectivity index (χ0) is 12.3. The van der Waals surface area contributed by atoms with Gasteiger partial charge in [0.05, 0.1) is 0 Å². The number of hydrogen-bond donors (Lipinski definition) is 2. The van der Waals surface area contributed by atoms with Crippen LogP contribution in [0.1, 0.15) is 5.56 Å². The fourth-order valence-corrected chi connectivity index (χ4v) is 2.07. The van der Waals surface area contributed by atoms with Crippen LogP contribution in [0.15, 0.2) is 47.4 Å². The first-order chi connectivity index (χ1) is 8.19. The molecule has 17 heavy (non-hydrogen) atoms. The maximum Gasteiger partial charge on any atom is 0.0415 e. The van der Waals surface area contributed by atoms with Gasteiger partial charge in [-0.25, -0.2) is 0 Å². The summed E-state index contributed by atoms with van der Waals surface area (Å²) < 4.78 is 0. The van der Waals surface area contributed by atoms with E-state index in [1.807, 2.05) is 18.2 Å². The van der Waals surface area contributed by atoms with E-state index >= 15 is 0 Å². The van der Waals surface area contributed by atoms with Gasteiger partial charge in [0, 0.05) is 22.0 Å². The number of anilines is 3. The van der Waals surface area contributed by atoms with E-state index in [4.69, 9.17) is 5.73 Å². The molecule has 0 unspecified atom stereocenters. The normalized spacial score (nSPS) is 10.2. The molecule has 0 aliphatic heterocycles. The number of nitrogens with two attached hydrogens (primary N) is 1. The fourth-order valence-electron chi connectivity index (χ4n) is 1.66. The molecule has 0 amide bonds. The average Bonchev–Trinajstić information content (AvgIpc) is 2.34. The number of nitrogens with one attached hydrogen (secondary N) is 1. The average molecular weight is 244 g/mol. The van der Waals surface area contributed by atoms with E-state index in [9.17, 15) is 0 Å². The first kappa shape index (κ1) is 11.9. The van der Waals surface area contributed by atoms with Crippen LogP contribution >= 0.6 is 11.8 Å². The molecule has 2 aromatic carbocycles. The Bertz CT molecular complexity index is 506. The Hall–Kier alpha value is -1.61. The molecule has 3 N–H and O–H groups in total. The van der Waals surface area contributed by atoms with Gasteiger partial charge in [-0.2, -0.15) is 0 Å². The summed E-state index contributed by atoms with van der Waals surface area (Å²) in [7, 11) is 0. The summed E-state index contributed by atoms with van der Waals surface area (Å²) in [6.45, 7) is 2.05. The molecule has 0 fully saturated rings. The molecule has 3 heteroatoms. The third-order valence-corrected chi connectivity index (χ3v) is 3.36. The van der Waals surface area contributed by atoms with E-state index in [0.717, 1.165) is 22.6 Å². The minimum atomic E-state index is 0.797. The van der Waals surface area contributed by atoms with Crippen LogP contribution in [0.2, 0.25) is 0 Å². The molecule has 0 saturated heterocycles. The lowest BCUT2D eigenvalue weighted by Crippen LogP contribution is -1.94. The number of benzene rings is 2. The third kappa shape index (κ3) is 2.94. The monoisotopic (exact) mass is 244 g/mol. The number of hydrogen-bond acceptors (Lipinski definition) is 3. The fraction of sp³-hybridized carbons (Fsp3) is 0.143. The lowest BCUT2D eigenvalue weighted by atomic mass is 10.1. The van der Waals surface area contributed by atoms with Gasteiger partial charge in [-0.1, -0.05) is 0 Å². The first-order valence-corrected chi connectivity index (χ1v) is 6.69. The number of aryl methyl sites for hydroxylation is 1. The van der Waals surface area contributed by atoms with E-state index in [0.29, 0.717) is 0 Å². The maximum absolute atomic E-state index is 5.73. The number of nitrogen functional groups attached to an aromatic ring is 1. The van der Waals surface area contributed by atoms with Gasteiger partial charge < -0.3 is 11.1 Å². The minimum Gasteiger partial charge on any atom is -0.399 e. The standard InChI is InChI=1S/C14H16N2S/c1-10-9-11(15)3-8-14(10)16-12-4-6-13(17-2)7-5-12/h3-9,16H,15H2,1-2H3. The summed E-state index contributed by atoms with van der Waals surface area (Å²) in [6.07, 6.45) is 2.08. The highest BCUT2D eigenvalue weighted by molar-refractivity contribution is 7.98. The van der Waals surface area contributed by atoms with Crippen LogP contribution < -0.4 is 11.1 Å². The highest BCUT2D eigenvalue weighted by Gasteiger charge is 1.99. The van der Waals surface area contributed by atoms with Crippen LogP contribution in [-0.2, 0) is 0 Å². The molecule has 0 radical (unpaired) electrons. The minimum absolute atomic E-state index is 0.797. The molecule has 0 aliphatic carbocycles. The van der Waals surface area contributed by atoms with Crippen molar-refractivity contribution in [1.29, 1.82) is 0 Å². The van der Waals surface area contributed by atoms with Gasteiger partial charge >= 0.3 is 0 Å². The third-order valence-electron chi connectivity index (χ3n) is 2.62. The van der Waals surface area contributed by atoms with E-state index in [1.54, 1.807) is 11.8 Å². The van der Waals surface area contributed by atoms with E-state index in [-0.39, 0.29) is 0 Å². The lowest BCUT2D eigenvalue weighted by molar-refractivity contribution is 1.41. The van der Waals surface area contributed by atoms with Crippen LogP contribution in [0.4, 0.5) is 17.1 Å². The van der Waals surface area contributed by atoms with Crippen LogP contribution in [0, 0.1) is 6.92 Å². The van der Waals surface area contributed by atoms with Crippen LogP contribution in [-0.4, -0.2) is 6.26 Å². The highest BCUT2D eigenvalue weighted by atomic mass is 32.2. The van der Waals surface area contributed by atoms with Gasteiger partial charge in [-0.05, 0) is 61.2 Å². The molecular weight excluding hydrogens is 228 g/mol. The van der Waals surface area contributed by atoms with E-state index in [2.05, 4.69) is 42.8 Å². The predicted octanol–water partition coefficient (Wildman–Crippen LogP) is 4.04. The molecule has 0 saturated carbocycles. The molecule has 0 aromatic heterocycles.